The zero-order valence-corrected chi connectivity index (χ0v) is 20.1. The number of nitroso groups, excluding NO2 is 1. The number of ether oxygens (including phenoxy) is 1. The van der Waals surface area contributed by atoms with Crippen molar-refractivity contribution < 1.29 is 13.2 Å². The van der Waals surface area contributed by atoms with Gasteiger partial charge in [0.15, 0.2) is 0 Å². The van der Waals surface area contributed by atoms with E-state index in [2.05, 4.69) is 10.1 Å². The molecule has 11 heteroatoms. The number of rotatable bonds is 9. The molecule has 1 aliphatic rings. The van der Waals surface area contributed by atoms with Gasteiger partial charge in [0.25, 0.3) is 0 Å². The van der Waals surface area contributed by atoms with Crippen molar-refractivity contribution in [3.63, 3.8) is 0 Å². The molecule has 2 aromatic rings. The van der Waals surface area contributed by atoms with Gasteiger partial charge in [-0.05, 0) is 48.0 Å². The van der Waals surface area contributed by atoms with Gasteiger partial charge in [0.05, 0.1) is 4.90 Å². The van der Waals surface area contributed by atoms with E-state index in [-0.39, 0.29) is 10.6 Å². The topological polar surface area (TPSA) is 79.3 Å². The highest BCUT2D eigenvalue weighted by atomic mass is 35.5. The first kappa shape index (κ1) is 24.4. The van der Waals surface area contributed by atoms with E-state index in [9.17, 15) is 13.3 Å². The summed E-state index contributed by atoms with van der Waals surface area (Å²) < 4.78 is 33.4. The summed E-state index contributed by atoms with van der Waals surface area (Å²) in [5.41, 5.74) is 0.0604. The quantitative estimate of drug-likeness (QED) is 0.358. The van der Waals surface area contributed by atoms with Gasteiger partial charge in [-0.15, -0.1) is 4.91 Å². The molecule has 1 fully saturated rings. The normalized spacial score (nSPS) is 15.8. The van der Waals surface area contributed by atoms with Crippen LogP contribution in [0.15, 0.2) is 56.3 Å². The molecule has 7 nitrogen and oxygen atoms in total. The molecule has 31 heavy (non-hydrogen) atoms. The first-order chi connectivity index (χ1) is 14.8. The van der Waals surface area contributed by atoms with Crippen molar-refractivity contribution in [2.45, 2.75) is 21.1 Å². The van der Waals surface area contributed by atoms with Gasteiger partial charge in [-0.3, -0.25) is 0 Å². The van der Waals surface area contributed by atoms with Gasteiger partial charge in [-0.2, -0.15) is 4.31 Å². The van der Waals surface area contributed by atoms with E-state index in [0.29, 0.717) is 52.6 Å². The van der Waals surface area contributed by atoms with Crippen LogP contribution in [0.2, 0.25) is 10.0 Å². The second-order valence-electron chi connectivity index (χ2n) is 7.02. The third-order valence-electron chi connectivity index (χ3n) is 4.87. The average molecular weight is 504 g/mol. The molecule has 1 aliphatic heterocycles. The van der Waals surface area contributed by atoms with Crippen LogP contribution in [0.3, 0.4) is 0 Å². The van der Waals surface area contributed by atoms with Crippen LogP contribution in [-0.4, -0.2) is 64.1 Å². The highest BCUT2D eigenvalue weighted by molar-refractivity contribution is 8.00. The Kier molecular flexibility index (Phi) is 8.74. The van der Waals surface area contributed by atoms with E-state index >= 15 is 0 Å². The SMILES string of the molecule is COCCCN1CCN(S(=O)(=O)c2cc(N=O)ccc2Sc2cc(Cl)cc(Cl)c2)CC1. The van der Waals surface area contributed by atoms with E-state index < -0.39 is 10.0 Å². The molecule has 0 aromatic heterocycles. The van der Waals surface area contributed by atoms with Gasteiger partial charge in [-0.1, -0.05) is 35.0 Å². The molecule has 0 spiro atoms. The number of halogens is 2. The molecule has 0 amide bonds. The molecule has 0 atom stereocenters. The smallest absolute Gasteiger partial charge is 0.244 e. The van der Waals surface area contributed by atoms with Crippen LogP contribution in [0.5, 0.6) is 0 Å². The van der Waals surface area contributed by atoms with Crippen molar-refractivity contribution in [1.29, 1.82) is 0 Å². The molecule has 1 heterocycles. The molecule has 3 rings (SSSR count). The fraction of sp³-hybridized carbons (Fsp3) is 0.400. The first-order valence-electron chi connectivity index (χ1n) is 9.66. The summed E-state index contributed by atoms with van der Waals surface area (Å²) in [4.78, 5) is 14.5. The molecule has 0 radical (unpaired) electrons. The van der Waals surface area contributed by atoms with Crippen LogP contribution in [0.1, 0.15) is 6.42 Å². The number of methoxy groups -OCH3 is 1. The minimum atomic E-state index is -3.82. The Labute approximate surface area is 196 Å². The number of hydrogen-bond donors (Lipinski definition) is 0. The number of sulfonamides is 1. The summed E-state index contributed by atoms with van der Waals surface area (Å²) in [6.45, 7) is 3.57. The lowest BCUT2D eigenvalue weighted by Gasteiger charge is -2.34. The third kappa shape index (κ3) is 6.41. The first-order valence-corrected chi connectivity index (χ1v) is 12.7. The fourth-order valence-electron chi connectivity index (χ4n) is 3.32. The van der Waals surface area contributed by atoms with Crippen LogP contribution in [-0.2, 0) is 14.8 Å². The van der Waals surface area contributed by atoms with Crippen LogP contribution in [0, 0.1) is 4.91 Å². The van der Waals surface area contributed by atoms with Crippen LogP contribution in [0.25, 0.3) is 0 Å². The van der Waals surface area contributed by atoms with Gasteiger partial charge in [0, 0.05) is 66.3 Å². The van der Waals surface area contributed by atoms with Crippen molar-refractivity contribution >= 4 is 50.7 Å². The highest BCUT2D eigenvalue weighted by Crippen LogP contribution is 2.38. The lowest BCUT2D eigenvalue weighted by molar-refractivity contribution is 0.149. The van der Waals surface area contributed by atoms with Crippen LogP contribution >= 0.6 is 35.0 Å². The van der Waals surface area contributed by atoms with Crippen molar-refractivity contribution in [3.8, 4) is 0 Å². The number of piperazine rings is 1. The van der Waals surface area contributed by atoms with Gasteiger partial charge in [0.1, 0.15) is 5.69 Å². The summed E-state index contributed by atoms with van der Waals surface area (Å²) in [6.07, 6.45) is 0.902. The maximum absolute atomic E-state index is 13.4. The molecule has 1 saturated heterocycles. The molecular weight excluding hydrogens is 481 g/mol. The van der Waals surface area contributed by atoms with Crippen molar-refractivity contribution in [3.05, 3.63) is 51.4 Å². The van der Waals surface area contributed by atoms with Crippen molar-refractivity contribution in [2.24, 2.45) is 5.18 Å². The number of benzene rings is 2. The Bertz CT molecular complexity index is 1010. The lowest BCUT2D eigenvalue weighted by atomic mass is 10.3. The minimum absolute atomic E-state index is 0.0542. The standard InChI is InChI=1S/C20H23Cl2N3O4S2/c1-29-10-2-5-24-6-8-25(9-7-24)31(27,28)20-14-17(23-26)3-4-19(20)30-18-12-15(21)11-16(22)13-18/h3-4,11-14H,2,5-10H2,1H3. The van der Waals surface area contributed by atoms with Gasteiger partial charge in [-0.25, -0.2) is 8.42 Å². The lowest BCUT2D eigenvalue weighted by Crippen LogP contribution is -2.48. The highest BCUT2D eigenvalue weighted by Gasteiger charge is 2.31. The second kappa shape index (κ2) is 11.1. The largest absolute Gasteiger partial charge is 0.385 e. The predicted molar refractivity (Wildman–Crippen MR) is 124 cm³/mol. The average Bonchev–Trinajstić information content (AvgIpc) is 2.74. The molecule has 0 unspecified atom stereocenters. The third-order valence-corrected chi connectivity index (χ3v) is 8.42. The van der Waals surface area contributed by atoms with E-state index in [1.54, 1.807) is 31.4 Å². The Balaban J connectivity index is 1.83. The number of nitrogens with zero attached hydrogens (tertiary/aromatic N) is 3. The maximum Gasteiger partial charge on any atom is 0.244 e. The summed E-state index contributed by atoms with van der Waals surface area (Å²) in [5, 5.41) is 3.82. The Morgan fingerprint density at radius 1 is 1.06 bits per heavy atom. The fourth-order valence-corrected chi connectivity index (χ4v) is 6.85. The monoisotopic (exact) mass is 503 g/mol. The van der Waals surface area contributed by atoms with E-state index in [0.717, 1.165) is 13.0 Å². The molecule has 0 aliphatic carbocycles. The van der Waals surface area contributed by atoms with Crippen LogP contribution in [0.4, 0.5) is 5.69 Å². The summed E-state index contributed by atoms with van der Waals surface area (Å²) in [7, 11) is -2.15. The van der Waals surface area contributed by atoms with E-state index in [1.165, 1.54) is 28.2 Å². The summed E-state index contributed by atoms with van der Waals surface area (Å²) in [5.74, 6) is 0. The van der Waals surface area contributed by atoms with Gasteiger partial charge >= 0.3 is 0 Å². The van der Waals surface area contributed by atoms with Crippen LogP contribution < -0.4 is 0 Å². The minimum Gasteiger partial charge on any atom is -0.385 e. The van der Waals surface area contributed by atoms with Gasteiger partial charge in [0.2, 0.25) is 10.0 Å². The Morgan fingerprint density at radius 2 is 1.74 bits per heavy atom. The Hall–Kier alpha value is -1.20. The van der Waals surface area contributed by atoms with Crippen molar-refractivity contribution in [2.75, 3.05) is 46.4 Å². The second-order valence-corrected chi connectivity index (χ2v) is 10.9. The maximum atomic E-state index is 13.4. The molecule has 0 bridgehead atoms. The predicted octanol–water partition coefficient (Wildman–Crippen LogP) is 4.89. The van der Waals surface area contributed by atoms with E-state index in [1.807, 2.05) is 0 Å². The molecule has 2 aromatic carbocycles. The molecule has 0 saturated carbocycles. The molecular formula is C20H23Cl2N3O4S2. The summed E-state index contributed by atoms with van der Waals surface area (Å²) in [6, 6.07) is 9.43. The zero-order chi connectivity index (χ0) is 22.4. The van der Waals surface area contributed by atoms with Crippen molar-refractivity contribution in [1.82, 2.24) is 9.21 Å². The number of hydrogen-bond acceptors (Lipinski definition) is 7. The van der Waals surface area contributed by atoms with Gasteiger partial charge < -0.3 is 9.64 Å². The zero-order valence-electron chi connectivity index (χ0n) is 17.0. The molecule has 168 valence electrons. The summed E-state index contributed by atoms with van der Waals surface area (Å²) >= 11 is 13.4. The molecule has 0 N–H and O–H groups in total. The Morgan fingerprint density at radius 3 is 2.35 bits per heavy atom. The van der Waals surface area contributed by atoms with E-state index in [4.69, 9.17) is 27.9 Å².